The highest BCUT2D eigenvalue weighted by molar-refractivity contribution is 7.17. The van der Waals surface area contributed by atoms with Crippen molar-refractivity contribution in [2.24, 2.45) is 0 Å². The highest BCUT2D eigenvalue weighted by Crippen LogP contribution is 2.26. The summed E-state index contributed by atoms with van der Waals surface area (Å²) in [4.78, 5) is 12.0. The minimum Gasteiger partial charge on any atom is -0.462 e. The summed E-state index contributed by atoms with van der Waals surface area (Å²) in [6.07, 6.45) is 4.10. The van der Waals surface area contributed by atoms with Crippen LogP contribution in [0.4, 0.5) is 0 Å². The summed E-state index contributed by atoms with van der Waals surface area (Å²) < 4.78 is 6.43. The van der Waals surface area contributed by atoms with E-state index >= 15 is 0 Å². The van der Waals surface area contributed by atoms with Crippen molar-refractivity contribution in [2.75, 3.05) is 12.5 Å². The summed E-state index contributed by atoms with van der Waals surface area (Å²) in [5.74, 6) is 0.496. The van der Waals surface area contributed by atoms with Crippen LogP contribution in [0.15, 0.2) is 29.6 Å². The van der Waals surface area contributed by atoms with Crippen LogP contribution in [-0.2, 0) is 4.74 Å². The van der Waals surface area contributed by atoms with Gasteiger partial charge >= 0.3 is 5.97 Å². The topological polar surface area (TPSA) is 26.3 Å². The van der Waals surface area contributed by atoms with Crippen LogP contribution < -0.4 is 0 Å². The minimum atomic E-state index is -0.213. The monoisotopic (exact) mass is 296 g/mol. The smallest absolute Gasteiger partial charge is 0.339 e. The fourth-order valence-corrected chi connectivity index (χ4v) is 3.05. The van der Waals surface area contributed by atoms with Gasteiger partial charge in [-0.2, -0.15) is 0 Å². The zero-order chi connectivity index (χ0) is 13.5. The lowest BCUT2D eigenvalue weighted by Gasteiger charge is -2.03. The van der Waals surface area contributed by atoms with Crippen LogP contribution in [0.1, 0.15) is 36.0 Å². The van der Waals surface area contributed by atoms with Crippen molar-refractivity contribution in [2.45, 2.75) is 25.7 Å². The Morgan fingerprint density at radius 3 is 2.79 bits per heavy atom. The van der Waals surface area contributed by atoms with E-state index in [1.54, 1.807) is 11.3 Å². The molecule has 2 rings (SSSR count). The highest BCUT2D eigenvalue weighted by Gasteiger charge is 2.12. The summed E-state index contributed by atoms with van der Waals surface area (Å²) in [7, 11) is 0. The van der Waals surface area contributed by atoms with Gasteiger partial charge in [0.25, 0.3) is 0 Å². The first-order valence-electron chi connectivity index (χ1n) is 6.52. The van der Waals surface area contributed by atoms with E-state index in [9.17, 15) is 4.79 Å². The van der Waals surface area contributed by atoms with E-state index < -0.39 is 0 Å². The van der Waals surface area contributed by atoms with Gasteiger partial charge in [0.2, 0.25) is 0 Å². The number of ether oxygens (including phenoxy) is 1. The van der Waals surface area contributed by atoms with Crippen LogP contribution in [0.3, 0.4) is 0 Å². The Morgan fingerprint density at radius 2 is 1.95 bits per heavy atom. The van der Waals surface area contributed by atoms with Crippen LogP contribution in [0.5, 0.6) is 0 Å². The van der Waals surface area contributed by atoms with Gasteiger partial charge in [-0.15, -0.1) is 22.9 Å². The number of thiophene rings is 1. The number of fused-ring (bicyclic) bond motifs is 1. The van der Waals surface area contributed by atoms with Gasteiger partial charge in [-0.1, -0.05) is 31.0 Å². The molecule has 102 valence electrons. The third-order valence-corrected chi connectivity index (χ3v) is 4.19. The number of hydrogen-bond acceptors (Lipinski definition) is 3. The Bertz CT molecular complexity index is 536. The van der Waals surface area contributed by atoms with Crippen molar-refractivity contribution >= 4 is 39.0 Å². The standard InChI is InChI=1S/C15H17ClO2S/c16-9-5-1-2-6-10-18-15(17)13-11-19-14-8-4-3-7-12(13)14/h3-4,7-8,11H,1-2,5-6,9-10H2. The third-order valence-electron chi connectivity index (χ3n) is 2.96. The van der Waals surface area contributed by atoms with Crippen LogP contribution in [0, 0.1) is 0 Å². The number of carbonyl (C=O) groups is 1. The van der Waals surface area contributed by atoms with E-state index in [1.165, 1.54) is 0 Å². The second-order valence-electron chi connectivity index (χ2n) is 4.38. The van der Waals surface area contributed by atoms with Crippen molar-refractivity contribution in [1.29, 1.82) is 0 Å². The molecule has 1 heterocycles. The molecule has 0 saturated heterocycles. The SMILES string of the molecule is O=C(OCCCCCCCl)c1csc2ccccc12. The Hall–Kier alpha value is -1.06. The number of hydrogen-bond donors (Lipinski definition) is 0. The predicted octanol–water partition coefficient (Wildman–Crippen LogP) is 4.86. The molecule has 4 heteroatoms. The molecule has 0 aliphatic rings. The van der Waals surface area contributed by atoms with E-state index in [0.717, 1.165) is 35.8 Å². The molecular weight excluding hydrogens is 280 g/mol. The van der Waals surface area contributed by atoms with E-state index in [1.807, 2.05) is 29.6 Å². The molecule has 0 spiro atoms. The van der Waals surface area contributed by atoms with Crippen LogP contribution in [-0.4, -0.2) is 18.5 Å². The van der Waals surface area contributed by atoms with Crippen LogP contribution >= 0.6 is 22.9 Å². The average molecular weight is 297 g/mol. The average Bonchev–Trinajstić information content (AvgIpc) is 2.86. The molecule has 0 aliphatic carbocycles. The molecule has 2 aromatic rings. The lowest BCUT2D eigenvalue weighted by molar-refractivity contribution is 0.0500. The predicted molar refractivity (Wildman–Crippen MR) is 81.3 cm³/mol. The van der Waals surface area contributed by atoms with Crippen molar-refractivity contribution in [1.82, 2.24) is 0 Å². The van der Waals surface area contributed by atoms with Crippen LogP contribution in [0.2, 0.25) is 0 Å². The van der Waals surface area contributed by atoms with Gasteiger partial charge in [-0.05, 0) is 18.9 Å². The number of esters is 1. The zero-order valence-electron chi connectivity index (χ0n) is 10.7. The number of halogens is 1. The Kier molecular flexibility index (Phi) is 5.67. The summed E-state index contributed by atoms with van der Waals surface area (Å²) in [6, 6.07) is 7.90. The Balaban J connectivity index is 1.83. The van der Waals surface area contributed by atoms with Crippen LogP contribution in [0.25, 0.3) is 10.1 Å². The molecule has 0 bridgehead atoms. The molecule has 0 aliphatic heterocycles. The van der Waals surface area contributed by atoms with Gasteiger partial charge in [0.15, 0.2) is 0 Å². The first kappa shape index (κ1) is 14.4. The van der Waals surface area contributed by atoms with E-state index in [0.29, 0.717) is 18.1 Å². The molecule has 2 nitrogen and oxygen atoms in total. The number of benzene rings is 1. The second kappa shape index (κ2) is 7.51. The quantitative estimate of drug-likeness (QED) is 0.414. The number of carbonyl (C=O) groups excluding carboxylic acids is 1. The number of alkyl halides is 1. The maximum atomic E-state index is 12.0. The van der Waals surface area contributed by atoms with Gasteiger partial charge in [0, 0.05) is 21.3 Å². The molecule has 0 unspecified atom stereocenters. The maximum Gasteiger partial charge on any atom is 0.339 e. The third kappa shape index (κ3) is 3.95. The zero-order valence-corrected chi connectivity index (χ0v) is 12.3. The highest BCUT2D eigenvalue weighted by atomic mass is 35.5. The molecular formula is C15H17ClO2S. The van der Waals surface area contributed by atoms with Crippen molar-refractivity contribution in [3.8, 4) is 0 Å². The molecule has 0 radical (unpaired) electrons. The summed E-state index contributed by atoms with van der Waals surface area (Å²) in [6.45, 7) is 0.491. The van der Waals surface area contributed by atoms with E-state index in [4.69, 9.17) is 16.3 Å². The summed E-state index contributed by atoms with van der Waals surface area (Å²) in [5, 5.41) is 2.86. The minimum absolute atomic E-state index is 0.213. The van der Waals surface area contributed by atoms with E-state index in [2.05, 4.69) is 0 Å². The molecule has 0 amide bonds. The first-order chi connectivity index (χ1) is 9.33. The molecule has 0 saturated carbocycles. The van der Waals surface area contributed by atoms with Crippen molar-refractivity contribution in [3.05, 3.63) is 35.2 Å². The fraction of sp³-hybridized carbons (Fsp3) is 0.400. The van der Waals surface area contributed by atoms with Gasteiger partial charge in [-0.25, -0.2) is 4.79 Å². The van der Waals surface area contributed by atoms with E-state index in [-0.39, 0.29) is 5.97 Å². The number of rotatable bonds is 7. The molecule has 19 heavy (non-hydrogen) atoms. The molecule has 0 N–H and O–H groups in total. The summed E-state index contributed by atoms with van der Waals surface area (Å²) >= 11 is 7.18. The molecule has 1 aromatic carbocycles. The van der Waals surface area contributed by atoms with Gasteiger partial charge < -0.3 is 4.74 Å². The van der Waals surface area contributed by atoms with Gasteiger partial charge in [0.05, 0.1) is 12.2 Å². The van der Waals surface area contributed by atoms with Gasteiger partial charge in [0.1, 0.15) is 0 Å². The van der Waals surface area contributed by atoms with Gasteiger partial charge in [-0.3, -0.25) is 0 Å². The largest absolute Gasteiger partial charge is 0.462 e. The fourth-order valence-electron chi connectivity index (χ4n) is 1.93. The number of unbranched alkanes of at least 4 members (excludes halogenated alkanes) is 3. The van der Waals surface area contributed by atoms with Crippen molar-refractivity contribution < 1.29 is 9.53 Å². The second-order valence-corrected chi connectivity index (χ2v) is 5.67. The maximum absolute atomic E-state index is 12.0. The lowest BCUT2D eigenvalue weighted by Crippen LogP contribution is -2.05. The molecule has 0 atom stereocenters. The summed E-state index contributed by atoms with van der Waals surface area (Å²) in [5.41, 5.74) is 0.682. The van der Waals surface area contributed by atoms with Crippen molar-refractivity contribution in [3.63, 3.8) is 0 Å². The lowest BCUT2D eigenvalue weighted by atomic mass is 10.2. The molecule has 1 aromatic heterocycles. The Morgan fingerprint density at radius 1 is 1.16 bits per heavy atom. The Labute approximate surface area is 122 Å². The first-order valence-corrected chi connectivity index (χ1v) is 7.93. The normalized spacial score (nSPS) is 10.8. The molecule has 0 fully saturated rings.